The average molecular weight is 519 g/mol. The van der Waals surface area contributed by atoms with Crippen LogP contribution < -0.4 is 10.6 Å². The van der Waals surface area contributed by atoms with E-state index >= 15 is 0 Å². The van der Waals surface area contributed by atoms with Crippen LogP contribution in [0.15, 0.2) is 89.8 Å². The van der Waals surface area contributed by atoms with E-state index in [0.717, 1.165) is 4.90 Å². The Hall–Kier alpha value is -3.81. The summed E-state index contributed by atoms with van der Waals surface area (Å²) >= 11 is 7.55. The van der Waals surface area contributed by atoms with Crippen LogP contribution in [0.2, 0.25) is 5.02 Å². The van der Waals surface area contributed by atoms with Crippen LogP contribution in [0.3, 0.4) is 0 Å². The Bertz CT molecular complexity index is 1450. The van der Waals surface area contributed by atoms with Crippen LogP contribution in [0.1, 0.15) is 34.1 Å². The molecule has 0 aliphatic rings. The Morgan fingerprint density at radius 2 is 1.58 bits per heavy atom. The predicted octanol–water partition coefficient (Wildman–Crippen LogP) is 6.95. The number of hydrogen-bond acceptors (Lipinski definition) is 4. The van der Waals surface area contributed by atoms with Crippen molar-refractivity contribution in [2.24, 2.45) is 0 Å². The number of carboxylic acid groups (broad SMARTS) is 1. The molecule has 1 unspecified atom stereocenters. The van der Waals surface area contributed by atoms with Crippen molar-refractivity contribution in [3.8, 4) is 0 Å². The van der Waals surface area contributed by atoms with Crippen LogP contribution in [-0.2, 0) is 4.79 Å². The lowest BCUT2D eigenvalue weighted by Crippen LogP contribution is -2.24. The van der Waals surface area contributed by atoms with Crippen LogP contribution in [0, 0.1) is 0 Å². The molecule has 4 rings (SSSR count). The van der Waals surface area contributed by atoms with Crippen molar-refractivity contribution in [2.45, 2.75) is 23.5 Å². The van der Waals surface area contributed by atoms with E-state index in [2.05, 4.69) is 10.6 Å². The molecule has 6 nitrogen and oxygen atoms in total. The van der Waals surface area contributed by atoms with Gasteiger partial charge in [-0.05, 0) is 54.3 Å². The highest BCUT2D eigenvalue weighted by atomic mass is 35.5. The first kappa shape index (κ1) is 25.3. The molecule has 0 bridgehead atoms. The van der Waals surface area contributed by atoms with Gasteiger partial charge < -0.3 is 15.7 Å². The predicted molar refractivity (Wildman–Crippen MR) is 145 cm³/mol. The number of nitrogens with one attached hydrogen (secondary N) is 2. The fraction of sp³-hybridized carbons (Fsp3) is 0.107. The number of carboxylic acids is 1. The first-order valence-electron chi connectivity index (χ1n) is 11.3. The van der Waals surface area contributed by atoms with Crippen molar-refractivity contribution >= 4 is 63.3 Å². The van der Waals surface area contributed by atoms with Crippen molar-refractivity contribution < 1.29 is 19.5 Å². The number of rotatable bonds is 8. The van der Waals surface area contributed by atoms with Crippen LogP contribution >= 0.6 is 23.4 Å². The maximum Gasteiger partial charge on any atom is 0.336 e. The molecule has 0 saturated heterocycles. The van der Waals surface area contributed by atoms with E-state index in [0.29, 0.717) is 33.6 Å². The normalized spacial score (nSPS) is 11.6. The molecule has 0 aliphatic carbocycles. The Morgan fingerprint density at radius 3 is 2.28 bits per heavy atom. The first-order chi connectivity index (χ1) is 17.4. The monoisotopic (exact) mass is 518 g/mol. The van der Waals surface area contributed by atoms with E-state index in [4.69, 9.17) is 11.6 Å². The number of hydrogen-bond donors (Lipinski definition) is 3. The summed E-state index contributed by atoms with van der Waals surface area (Å²) in [5.41, 5.74) is 1.43. The standard InChI is InChI=1S/C28H23ClN2O4S/c1-2-24(27(33)31-23-15-4-3-14-22(23)29)36-19-11-7-10-18(16-19)30-26(32)20-12-5-8-17-9-6-13-21(25(17)20)28(34)35/h3-16,24H,2H2,1H3,(H,30,32)(H,31,33)(H,34,35). The van der Waals surface area contributed by atoms with Crippen molar-refractivity contribution in [3.05, 3.63) is 101 Å². The van der Waals surface area contributed by atoms with Gasteiger partial charge in [0.2, 0.25) is 5.91 Å². The highest BCUT2D eigenvalue weighted by molar-refractivity contribution is 8.00. The first-order valence-corrected chi connectivity index (χ1v) is 12.5. The maximum absolute atomic E-state index is 13.1. The molecule has 0 fully saturated rings. The smallest absolute Gasteiger partial charge is 0.336 e. The van der Waals surface area contributed by atoms with E-state index < -0.39 is 11.9 Å². The molecule has 0 heterocycles. The van der Waals surface area contributed by atoms with E-state index in [1.807, 2.05) is 13.0 Å². The van der Waals surface area contributed by atoms with Gasteiger partial charge in [-0.1, -0.05) is 61.0 Å². The zero-order chi connectivity index (χ0) is 25.7. The summed E-state index contributed by atoms with van der Waals surface area (Å²) in [6.07, 6.45) is 0.589. The topological polar surface area (TPSA) is 95.5 Å². The summed E-state index contributed by atoms with van der Waals surface area (Å²) in [6, 6.07) is 24.3. The summed E-state index contributed by atoms with van der Waals surface area (Å²) in [5, 5.41) is 16.5. The molecule has 2 amide bonds. The van der Waals surface area contributed by atoms with Crippen LogP contribution in [0.5, 0.6) is 0 Å². The minimum atomic E-state index is -1.10. The zero-order valence-corrected chi connectivity index (χ0v) is 20.9. The highest BCUT2D eigenvalue weighted by Gasteiger charge is 2.20. The fourth-order valence-corrected chi connectivity index (χ4v) is 5.01. The second-order valence-corrected chi connectivity index (χ2v) is 9.66. The van der Waals surface area contributed by atoms with Crippen LogP contribution in [0.4, 0.5) is 11.4 Å². The minimum Gasteiger partial charge on any atom is -0.478 e. The molecule has 3 N–H and O–H groups in total. The van der Waals surface area contributed by atoms with E-state index in [-0.39, 0.29) is 22.3 Å². The lowest BCUT2D eigenvalue weighted by Gasteiger charge is -2.16. The number of para-hydroxylation sites is 1. The van der Waals surface area contributed by atoms with Gasteiger partial charge in [-0.2, -0.15) is 0 Å². The molecular weight excluding hydrogens is 496 g/mol. The Morgan fingerprint density at radius 1 is 0.889 bits per heavy atom. The number of halogens is 1. The molecule has 8 heteroatoms. The number of carbonyl (C=O) groups is 3. The summed E-state index contributed by atoms with van der Waals surface area (Å²) in [5.74, 6) is -1.68. The van der Waals surface area contributed by atoms with Gasteiger partial charge in [-0.25, -0.2) is 4.79 Å². The Labute approximate surface area is 217 Å². The van der Waals surface area contributed by atoms with Crippen LogP contribution in [-0.4, -0.2) is 28.1 Å². The van der Waals surface area contributed by atoms with Gasteiger partial charge in [0.25, 0.3) is 5.91 Å². The van der Waals surface area contributed by atoms with Crippen molar-refractivity contribution in [3.63, 3.8) is 0 Å². The van der Waals surface area contributed by atoms with Crippen molar-refractivity contribution in [1.29, 1.82) is 0 Å². The molecule has 182 valence electrons. The Kier molecular flexibility index (Phi) is 7.93. The van der Waals surface area contributed by atoms with Gasteiger partial charge in [-0.15, -0.1) is 11.8 Å². The number of anilines is 2. The van der Waals surface area contributed by atoms with Gasteiger partial charge in [0.05, 0.1) is 21.5 Å². The van der Waals surface area contributed by atoms with E-state index in [1.165, 1.54) is 17.8 Å². The quantitative estimate of drug-likeness (QED) is 0.219. The number of amides is 2. The van der Waals surface area contributed by atoms with E-state index in [1.54, 1.807) is 72.8 Å². The second-order valence-electron chi connectivity index (χ2n) is 7.98. The molecule has 1 atom stereocenters. The third-order valence-electron chi connectivity index (χ3n) is 5.54. The largest absolute Gasteiger partial charge is 0.478 e. The summed E-state index contributed by atoms with van der Waals surface area (Å²) < 4.78 is 0. The molecule has 0 spiro atoms. The maximum atomic E-state index is 13.1. The molecule has 0 saturated carbocycles. The Balaban J connectivity index is 1.52. The molecule has 4 aromatic carbocycles. The minimum absolute atomic E-state index is 0.0675. The second kappa shape index (κ2) is 11.3. The number of carbonyl (C=O) groups excluding carboxylic acids is 2. The molecule has 0 radical (unpaired) electrons. The highest BCUT2D eigenvalue weighted by Crippen LogP contribution is 2.30. The van der Waals surface area contributed by atoms with Crippen LogP contribution in [0.25, 0.3) is 10.8 Å². The summed E-state index contributed by atoms with van der Waals surface area (Å²) in [6.45, 7) is 1.93. The van der Waals surface area contributed by atoms with E-state index in [9.17, 15) is 19.5 Å². The molecule has 4 aromatic rings. The molecular formula is C28H23ClN2O4S. The third-order valence-corrected chi connectivity index (χ3v) is 7.23. The molecule has 36 heavy (non-hydrogen) atoms. The third kappa shape index (κ3) is 5.70. The SMILES string of the molecule is CCC(Sc1cccc(NC(=O)c2cccc3cccc(C(=O)O)c23)c1)C(=O)Nc1ccccc1Cl. The van der Waals surface area contributed by atoms with Gasteiger partial charge >= 0.3 is 5.97 Å². The molecule has 0 aliphatic heterocycles. The van der Waals surface area contributed by atoms with Crippen molar-refractivity contribution in [1.82, 2.24) is 0 Å². The number of thioether (sulfide) groups is 1. The number of benzene rings is 4. The van der Waals surface area contributed by atoms with Gasteiger partial charge in [0.15, 0.2) is 0 Å². The zero-order valence-electron chi connectivity index (χ0n) is 19.3. The van der Waals surface area contributed by atoms with Gasteiger partial charge in [0.1, 0.15) is 0 Å². The molecule has 0 aromatic heterocycles. The van der Waals surface area contributed by atoms with Gasteiger partial charge in [-0.3, -0.25) is 9.59 Å². The van der Waals surface area contributed by atoms with Crippen molar-refractivity contribution in [2.75, 3.05) is 10.6 Å². The number of fused-ring (bicyclic) bond motifs is 1. The van der Waals surface area contributed by atoms with Gasteiger partial charge in [0, 0.05) is 21.5 Å². The number of aromatic carboxylic acids is 1. The fourth-order valence-electron chi connectivity index (χ4n) is 3.82. The summed E-state index contributed by atoms with van der Waals surface area (Å²) in [4.78, 5) is 38.5. The summed E-state index contributed by atoms with van der Waals surface area (Å²) in [7, 11) is 0. The lowest BCUT2D eigenvalue weighted by molar-refractivity contribution is -0.115. The lowest BCUT2D eigenvalue weighted by atomic mass is 9.98. The average Bonchev–Trinajstić information content (AvgIpc) is 2.88.